The summed E-state index contributed by atoms with van der Waals surface area (Å²) >= 11 is 0. The summed E-state index contributed by atoms with van der Waals surface area (Å²) < 4.78 is 0. The van der Waals surface area contributed by atoms with Gasteiger partial charge in [0.2, 0.25) is 0 Å². The first-order valence-corrected chi connectivity index (χ1v) is 7.92. The van der Waals surface area contributed by atoms with Crippen molar-refractivity contribution in [1.82, 2.24) is 5.32 Å². The van der Waals surface area contributed by atoms with Gasteiger partial charge in [-0.15, -0.1) is 0 Å². The molecule has 4 nitrogen and oxygen atoms in total. The molecule has 0 amide bonds. The van der Waals surface area contributed by atoms with Gasteiger partial charge in [0.25, 0.3) is 0 Å². The Morgan fingerprint density at radius 2 is 2.10 bits per heavy atom. The number of nitrogens with zero attached hydrogens (tertiary/aromatic N) is 1. The monoisotopic (exact) mass is 282 g/mol. The topological polar surface area (TPSA) is 53.8 Å². The highest BCUT2D eigenvalue weighted by molar-refractivity contribution is 5.87. The van der Waals surface area contributed by atoms with Gasteiger partial charge in [-0.25, -0.2) is 0 Å². The van der Waals surface area contributed by atoms with Crippen LogP contribution in [0.1, 0.15) is 47.5 Å². The minimum atomic E-state index is -0.495. The quantitative estimate of drug-likeness (QED) is 0.736. The molecule has 2 saturated carbocycles. The van der Waals surface area contributed by atoms with Gasteiger partial charge in [0, 0.05) is 12.6 Å². The maximum absolute atomic E-state index is 9.78. The van der Waals surface area contributed by atoms with Crippen molar-refractivity contribution in [1.29, 1.82) is 0 Å². The molecule has 2 unspecified atom stereocenters. The third kappa shape index (κ3) is 3.53. The molecular weight excluding hydrogens is 252 g/mol. The van der Waals surface area contributed by atoms with E-state index in [0.717, 1.165) is 18.3 Å². The van der Waals surface area contributed by atoms with Gasteiger partial charge in [-0.3, -0.25) is 0 Å². The van der Waals surface area contributed by atoms with Gasteiger partial charge in [-0.1, -0.05) is 39.8 Å². The van der Waals surface area contributed by atoms with Gasteiger partial charge in [0.05, 0.1) is 5.71 Å². The molecule has 0 bridgehead atoms. The van der Waals surface area contributed by atoms with E-state index in [0.29, 0.717) is 23.9 Å². The summed E-state index contributed by atoms with van der Waals surface area (Å²) in [6.45, 7) is 11.9. The lowest BCUT2D eigenvalue weighted by Gasteiger charge is -2.19. The van der Waals surface area contributed by atoms with Crippen LogP contribution in [0.4, 0.5) is 0 Å². The average molecular weight is 282 g/mol. The van der Waals surface area contributed by atoms with Crippen LogP contribution >= 0.6 is 0 Å². The number of oxime groups is 1. The number of nitrogens with one attached hydrogen (secondary N) is 1. The zero-order valence-corrected chi connectivity index (χ0v) is 13.5. The fourth-order valence-corrected chi connectivity index (χ4v) is 3.44. The van der Waals surface area contributed by atoms with E-state index in [4.69, 9.17) is 4.84 Å². The van der Waals surface area contributed by atoms with Crippen LogP contribution in [0.2, 0.25) is 0 Å². The van der Waals surface area contributed by atoms with Crippen LogP contribution in [-0.4, -0.2) is 36.1 Å². The van der Waals surface area contributed by atoms with Gasteiger partial charge in [-0.2, -0.15) is 0 Å². The summed E-state index contributed by atoms with van der Waals surface area (Å²) in [5.41, 5.74) is 1.67. The molecule has 0 aromatic rings. The van der Waals surface area contributed by atoms with E-state index < -0.39 is 6.10 Å². The van der Waals surface area contributed by atoms with Crippen LogP contribution in [0, 0.1) is 23.2 Å². The van der Waals surface area contributed by atoms with E-state index >= 15 is 0 Å². The molecule has 4 heteroatoms. The minimum Gasteiger partial charge on any atom is -0.393 e. The van der Waals surface area contributed by atoms with Crippen molar-refractivity contribution in [2.24, 2.45) is 28.3 Å². The normalized spacial score (nSPS) is 35.0. The maximum Gasteiger partial charge on any atom is 0.144 e. The molecule has 0 aromatic carbocycles. The predicted molar refractivity (Wildman–Crippen MR) is 81.7 cm³/mol. The van der Waals surface area contributed by atoms with Crippen LogP contribution in [0.3, 0.4) is 0 Å². The molecule has 0 spiro atoms. The maximum atomic E-state index is 9.78. The van der Waals surface area contributed by atoms with E-state index in [-0.39, 0.29) is 6.61 Å². The second-order valence-corrected chi connectivity index (χ2v) is 7.47. The van der Waals surface area contributed by atoms with E-state index in [2.05, 4.69) is 45.1 Å². The molecule has 2 rings (SSSR count). The Kier molecular flexibility index (Phi) is 4.75. The average Bonchev–Trinajstić information content (AvgIpc) is 2.88. The smallest absolute Gasteiger partial charge is 0.144 e. The van der Waals surface area contributed by atoms with Crippen LogP contribution in [0.25, 0.3) is 0 Å². The van der Waals surface area contributed by atoms with Gasteiger partial charge >= 0.3 is 0 Å². The fraction of sp³-hybridized carbons (Fsp3) is 0.938. The molecule has 2 fully saturated rings. The highest BCUT2D eigenvalue weighted by Crippen LogP contribution is 2.65. The number of hydrogen-bond donors (Lipinski definition) is 2. The van der Waals surface area contributed by atoms with Crippen molar-refractivity contribution in [2.75, 3.05) is 13.2 Å². The highest BCUT2D eigenvalue weighted by atomic mass is 16.6. The summed E-state index contributed by atoms with van der Waals surface area (Å²) in [5.74, 6) is 2.18. The SMILES string of the molecule is CC(C)NCC(O)CON=C1C[C@@H]2[C@H](CC1C)C2(C)C. The van der Waals surface area contributed by atoms with Crippen LogP contribution in [0.5, 0.6) is 0 Å². The zero-order valence-electron chi connectivity index (χ0n) is 13.5. The number of rotatable bonds is 6. The second kappa shape index (κ2) is 6.02. The van der Waals surface area contributed by atoms with Crippen molar-refractivity contribution in [3.8, 4) is 0 Å². The summed E-state index contributed by atoms with van der Waals surface area (Å²) in [6.07, 6.45) is 1.81. The van der Waals surface area contributed by atoms with E-state index in [1.54, 1.807) is 0 Å². The number of aliphatic hydroxyl groups excluding tert-OH is 1. The molecule has 4 atom stereocenters. The van der Waals surface area contributed by atoms with Crippen molar-refractivity contribution < 1.29 is 9.94 Å². The summed E-state index contributed by atoms with van der Waals surface area (Å²) in [6, 6.07) is 0.378. The number of fused-ring (bicyclic) bond motifs is 1. The van der Waals surface area contributed by atoms with Gasteiger partial charge in [0.15, 0.2) is 0 Å². The van der Waals surface area contributed by atoms with Crippen molar-refractivity contribution in [3.63, 3.8) is 0 Å². The Bertz CT molecular complexity index is 365. The molecule has 0 saturated heterocycles. The lowest BCUT2D eigenvalue weighted by atomic mass is 9.89. The molecule has 0 aromatic heterocycles. The molecule has 0 heterocycles. The molecular formula is C16H30N2O2. The molecule has 2 aliphatic carbocycles. The highest BCUT2D eigenvalue weighted by Gasteiger charge is 2.60. The van der Waals surface area contributed by atoms with E-state index in [1.165, 1.54) is 12.1 Å². The molecule has 20 heavy (non-hydrogen) atoms. The fourth-order valence-electron chi connectivity index (χ4n) is 3.44. The molecule has 2 N–H and O–H groups in total. The van der Waals surface area contributed by atoms with E-state index in [9.17, 15) is 5.11 Å². The van der Waals surface area contributed by atoms with Crippen molar-refractivity contribution >= 4 is 5.71 Å². The molecule has 0 aliphatic heterocycles. The Balaban J connectivity index is 1.74. The Morgan fingerprint density at radius 3 is 2.75 bits per heavy atom. The standard InChI is InChI=1S/C16H30N2O2/c1-10(2)17-8-12(19)9-20-18-15-7-14-13(6-11(15)3)16(14,4)5/h10-14,17,19H,6-9H2,1-5H3/t11?,12?,13-,14+/m0/s1. The summed E-state index contributed by atoms with van der Waals surface area (Å²) in [4.78, 5) is 5.37. The molecule has 2 aliphatic rings. The zero-order chi connectivity index (χ0) is 14.9. The Hall–Kier alpha value is -0.610. The molecule has 0 radical (unpaired) electrons. The third-order valence-corrected chi connectivity index (χ3v) is 5.10. The lowest BCUT2D eigenvalue weighted by Crippen LogP contribution is -2.34. The number of hydrogen-bond acceptors (Lipinski definition) is 4. The lowest BCUT2D eigenvalue weighted by molar-refractivity contribution is 0.0382. The Labute approximate surface area is 123 Å². The third-order valence-electron chi connectivity index (χ3n) is 5.10. The first kappa shape index (κ1) is 15.8. The van der Waals surface area contributed by atoms with Gasteiger partial charge in [-0.05, 0) is 36.0 Å². The minimum absolute atomic E-state index is 0.271. The van der Waals surface area contributed by atoms with Crippen LogP contribution < -0.4 is 5.32 Å². The van der Waals surface area contributed by atoms with Crippen molar-refractivity contribution in [2.45, 2.75) is 59.6 Å². The van der Waals surface area contributed by atoms with Crippen LogP contribution in [0.15, 0.2) is 5.16 Å². The Morgan fingerprint density at radius 1 is 1.40 bits per heavy atom. The summed E-state index contributed by atoms with van der Waals surface area (Å²) in [5, 5.41) is 17.3. The predicted octanol–water partition coefficient (Wildman–Crippen LogP) is 2.42. The van der Waals surface area contributed by atoms with E-state index in [1.807, 2.05) is 0 Å². The van der Waals surface area contributed by atoms with Gasteiger partial charge in [0.1, 0.15) is 12.7 Å². The first-order valence-electron chi connectivity index (χ1n) is 7.92. The largest absolute Gasteiger partial charge is 0.393 e. The number of aliphatic hydroxyl groups is 1. The second-order valence-electron chi connectivity index (χ2n) is 7.47. The van der Waals surface area contributed by atoms with Crippen molar-refractivity contribution in [3.05, 3.63) is 0 Å². The summed E-state index contributed by atoms with van der Waals surface area (Å²) in [7, 11) is 0. The van der Waals surface area contributed by atoms with Gasteiger partial charge < -0.3 is 15.3 Å². The molecule has 116 valence electrons. The van der Waals surface area contributed by atoms with Crippen LogP contribution in [-0.2, 0) is 4.84 Å². The first-order chi connectivity index (χ1) is 9.32.